The number of carboxylic acids is 1. The quantitative estimate of drug-likeness (QED) is 0.567. The third-order valence-electron chi connectivity index (χ3n) is 4.03. The first-order chi connectivity index (χ1) is 13.6. The van der Waals surface area contributed by atoms with Gasteiger partial charge in [-0.25, -0.2) is 13.2 Å². The number of thiophene rings is 1. The maximum atomic E-state index is 12.0. The first kappa shape index (κ1) is 22.1. The van der Waals surface area contributed by atoms with Crippen LogP contribution in [0, 0.1) is 13.8 Å². The number of aromatic carboxylic acids is 1. The summed E-state index contributed by atoms with van der Waals surface area (Å²) in [5.74, 6) is -1.51. The van der Waals surface area contributed by atoms with E-state index in [1.165, 1.54) is 23.6 Å². The van der Waals surface area contributed by atoms with E-state index >= 15 is 0 Å². The van der Waals surface area contributed by atoms with Gasteiger partial charge in [0, 0.05) is 5.56 Å². The van der Waals surface area contributed by atoms with Gasteiger partial charge in [0.25, 0.3) is 10.0 Å². The molecule has 0 fully saturated rings. The molecule has 1 amide bonds. The van der Waals surface area contributed by atoms with E-state index in [9.17, 15) is 18.0 Å². The van der Waals surface area contributed by atoms with E-state index in [4.69, 9.17) is 10.8 Å². The molecule has 1 aromatic heterocycles. The van der Waals surface area contributed by atoms with Crippen LogP contribution in [0.15, 0.2) is 64.9 Å². The fraction of sp³-hybridized carbons (Fsp3) is 0.100. The average molecular weight is 433 g/mol. The second-order valence-corrected chi connectivity index (χ2v) is 8.60. The third-order valence-corrected chi connectivity index (χ3v) is 6.31. The third kappa shape index (κ3) is 5.66. The van der Waals surface area contributed by atoms with Crippen molar-refractivity contribution in [2.24, 2.45) is 5.73 Å². The maximum absolute atomic E-state index is 12.0. The second kappa shape index (κ2) is 9.35. The van der Waals surface area contributed by atoms with Gasteiger partial charge in [-0.05, 0) is 54.6 Å². The van der Waals surface area contributed by atoms with Crippen LogP contribution in [0.3, 0.4) is 0 Å². The molecule has 0 saturated heterocycles. The number of hydrogen-bond acceptors (Lipinski definition) is 5. The Morgan fingerprint density at radius 1 is 1.00 bits per heavy atom. The van der Waals surface area contributed by atoms with E-state index in [2.05, 4.69) is 4.72 Å². The molecule has 9 heteroatoms. The number of primary amides is 1. The Bertz CT molecular complexity index is 1120. The molecule has 2 aromatic carbocycles. The molecule has 0 radical (unpaired) electrons. The van der Waals surface area contributed by atoms with E-state index in [1.807, 2.05) is 26.0 Å². The van der Waals surface area contributed by atoms with E-state index in [-0.39, 0.29) is 21.4 Å². The summed E-state index contributed by atoms with van der Waals surface area (Å²) in [6.45, 7) is 3.86. The summed E-state index contributed by atoms with van der Waals surface area (Å²) in [6, 6.07) is 14.7. The Kier molecular flexibility index (Phi) is 7.13. The predicted molar refractivity (Wildman–Crippen MR) is 113 cm³/mol. The number of amides is 1. The molecule has 152 valence electrons. The minimum absolute atomic E-state index is 0.0329. The molecule has 7 nitrogen and oxygen atoms in total. The fourth-order valence-electron chi connectivity index (χ4n) is 2.38. The lowest BCUT2D eigenvalue weighted by atomic mass is 10.0. The van der Waals surface area contributed by atoms with E-state index in [0.717, 1.165) is 22.5 Å². The van der Waals surface area contributed by atoms with E-state index in [0.29, 0.717) is 5.56 Å². The molecule has 29 heavy (non-hydrogen) atoms. The van der Waals surface area contributed by atoms with Crippen LogP contribution in [0.4, 0.5) is 5.69 Å². The molecule has 0 atom stereocenters. The van der Waals surface area contributed by atoms with Crippen molar-refractivity contribution in [2.45, 2.75) is 18.7 Å². The summed E-state index contributed by atoms with van der Waals surface area (Å²) in [5, 5.41) is 10.4. The Balaban J connectivity index is 0.000000234. The first-order valence-electron chi connectivity index (χ1n) is 8.38. The summed E-state index contributed by atoms with van der Waals surface area (Å²) in [7, 11) is -3.75. The van der Waals surface area contributed by atoms with Crippen molar-refractivity contribution in [1.82, 2.24) is 0 Å². The highest BCUT2D eigenvalue weighted by molar-refractivity contribution is 7.92. The fourth-order valence-corrected chi connectivity index (χ4v) is 4.22. The highest BCUT2D eigenvalue weighted by Crippen LogP contribution is 2.25. The summed E-state index contributed by atoms with van der Waals surface area (Å²) < 4.78 is 26.2. The van der Waals surface area contributed by atoms with Gasteiger partial charge in [0.2, 0.25) is 5.91 Å². The van der Waals surface area contributed by atoms with E-state index < -0.39 is 16.0 Å². The van der Waals surface area contributed by atoms with E-state index in [1.54, 1.807) is 24.3 Å². The normalized spacial score (nSPS) is 10.6. The summed E-state index contributed by atoms with van der Waals surface area (Å²) in [5.41, 5.74) is 7.91. The molecule has 0 aliphatic rings. The number of anilines is 1. The Hall–Kier alpha value is -3.17. The molecule has 4 N–H and O–H groups in total. The SMILES string of the molecule is Cc1cccc(C(N)=O)c1C.O=C(O)c1sccc1NS(=O)(=O)c1ccccc1. The predicted octanol–water partition coefficient (Wildman–Crippen LogP) is 3.65. The number of rotatable bonds is 5. The molecule has 0 aliphatic heterocycles. The van der Waals surface area contributed by atoms with Crippen LogP contribution in [0.25, 0.3) is 0 Å². The van der Waals surface area contributed by atoms with Crippen LogP contribution < -0.4 is 10.5 Å². The van der Waals surface area contributed by atoms with Crippen LogP contribution >= 0.6 is 11.3 Å². The molecule has 0 spiro atoms. The number of sulfonamides is 1. The molecular formula is C20H20N2O5S2. The van der Waals surface area contributed by atoms with Crippen molar-refractivity contribution in [3.05, 3.63) is 81.5 Å². The lowest BCUT2D eigenvalue weighted by Crippen LogP contribution is -2.14. The van der Waals surface area contributed by atoms with Gasteiger partial charge >= 0.3 is 5.97 Å². The van der Waals surface area contributed by atoms with Crippen molar-refractivity contribution in [3.63, 3.8) is 0 Å². The number of carbonyl (C=O) groups is 2. The molecule has 3 aromatic rings. The van der Waals surface area contributed by atoms with Crippen molar-refractivity contribution in [2.75, 3.05) is 4.72 Å². The van der Waals surface area contributed by atoms with Gasteiger partial charge in [-0.1, -0.05) is 30.3 Å². The monoisotopic (exact) mass is 432 g/mol. The van der Waals surface area contributed by atoms with Crippen LogP contribution in [-0.2, 0) is 10.0 Å². The maximum Gasteiger partial charge on any atom is 0.348 e. The van der Waals surface area contributed by atoms with Crippen LogP contribution in [-0.4, -0.2) is 25.4 Å². The standard InChI is InChI=1S/C11H9NO4S2.C9H11NO/c13-11(14)10-9(6-7-17-10)12-18(15,16)8-4-2-1-3-5-8;1-6-4-3-5-8(7(6)2)9(10)11/h1-7,12H,(H,13,14);3-5H,1-2H3,(H2,10,11). The van der Waals surface area contributed by atoms with Gasteiger partial charge in [-0.2, -0.15) is 0 Å². The van der Waals surface area contributed by atoms with Crippen LogP contribution in [0.1, 0.15) is 31.2 Å². The number of carboxylic acid groups (broad SMARTS) is 1. The molecule has 0 unspecified atom stereocenters. The number of hydrogen-bond donors (Lipinski definition) is 3. The number of nitrogens with two attached hydrogens (primary N) is 1. The zero-order valence-electron chi connectivity index (χ0n) is 15.7. The van der Waals surface area contributed by atoms with Gasteiger partial charge < -0.3 is 10.8 Å². The zero-order chi connectivity index (χ0) is 21.6. The molecule has 1 heterocycles. The number of carbonyl (C=O) groups excluding carboxylic acids is 1. The molecular weight excluding hydrogens is 412 g/mol. The Morgan fingerprint density at radius 3 is 2.21 bits per heavy atom. The summed E-state index contributed by atoms with van der Waals surface area (Å²) in [4.78, 5) is 21.7. The van der Waals surface area contributed by atoms with Crippen molar-refractivity contribution in [3.8, 4) is 0 Å². The number of aryl methyl sites for hydroxylation is 1. The average Bonchev–Trinajstić information content (AvgIpc) is 3.13. The molecule has 3 rings (SSSR count). The van der Waals surface area contributed by atoms with Gasteiger partial charge in [0.15, 0.2) is 0 Å². The first-order valence-corrected chi connectivity index (χ1v) is 10.7. The summed E-state index contributed by atoms with van der Waals surface area (Å²) >= 11 is 0.967. The Morgan fingerprint density at radius 2 is 1.66 bits per heavy atom. The molecule has 0 saturated carbocycles. The highest BCUT2D eigenvalue weighted by Gasteiger charge is 2.19. The minimum Gasteiger partial charge on any atom is -0.477 e. The minimum atomic E-state index is -3.75. The number of benzene rings is 2. The van der Waals surface area contributed by atoms with Gasteiger partial charge in [0.05, 0.1) is 10.6 Å². The highest BCUT2D eigenvalue weighted by atomic mass is 32.2. The second-order valence-electron chi connectivity index (χ2n) is 6.00. The molecule has 0 bridgehead atoms. The lowest BCUT2D eigenvalue weighted by molar-refractivity contribution is 0.0703. The van der Waals surface area contributed by atoms with Crippen LogP contribution in [0.5, 0.6) is 0 Å². The zero-order valence-corrected chi connectivity index (χ0v) is 17.4. The topological polar surface area (TPSA) is 127 Å². The molecule has 0 aliphatic carbocycles. The van der Waals surface area contributed by atoms with Crippen LogP contribution in [0.2, 0.25) is 0 Å². The number of nitrogens with one attached hydrogen (secondary N) is 1. The van der Waals surface area contributed by atoms with Gasteiger partial charge in [-0.15, -0.1) is 11.3 Å². The largest absolute Gasteiger partial charge is 0.477 e. The smallest absolute Gasteiger partial charge is 0.348 e. The van der Waals surface area contributed by atoms with Gasteiger partial charge in [0.1, 0.15) is 4.88 Å². The Labute approximate surface area is 172 Å². The summed E-state index contributed by atoms with van der Waals surface area (Å²) in [6.07, 6.45) is 0. The van der Waals surface area contributed by atoms with Crippen molar-refractivity contribution in [1.29, 1.82) is 0 Å². The lowest BCUT2D eigenvalue weighted by Gasteiger charge is -2.07. The van der Waals surface area contributed by atoms with Crippen molar-refractivity contribution >= 4 is 38.9 Å². The van der Waals surface area contributed by atoms with Crippen molar-refractivity contribution < 1.29 is 23.1 Å². The van der Waals surface area contributed by atoms with Gasteiger partial charge in [-0.3, -0.25) is 9.52 Å².